The molecule has 0 bridgehead atoms. The van der Waals surface area contributed by atoms with Gasteiger partial charge in [-0.3, -0.25) is 9.78 Å². The molecule has 0 unspecified atom stereocenters. The molecular weight excluding hydrogens is 376 g/mol. The number of benzene rings is 1. The van der Waals surface area contributed by atoms with Gasteiger partial charge < -0.3 is 10.2 Å². The van der Waals surface area contributed by atoms with E-state index in [4.69, 9.17) is 0 Å². The van der Waals surface area contributed by atoms with E-state index < -0.39 is 10.0 Å². The smallest absolute Gasteiger partial charge is 0.257 e. The molecule has 7 nitrogen and oxygen atoms in total. The summed E-state index contributed by atoms with van der Waals surface area (Å²) in [4.78, 5) is 19.2. The Hall–Kier alpha value is -2.45. The number of pyridine rings is 1. The Morgan fingerprint density at radius 1 is 1.11 bits per heavy atom. The molecule has 0 radical (unpaired) electrons. The molecule has 0 aliphatic carbocycles. The average Bonchev–Trinajstić information content (AvgIpc) is 3.23. The van der Waals surface area contributed by atoms with Crippen LogP contribution < -0.4 is 10.2 Å². The van der Waals surface area contributed by atoms with E-state index in [1.165, 1.54) is 10.4 Å². The molecule has 1 aliphatic rings. The third-order valence-electron chi connectivity index (χ3n) is 4.94. The van der Waals surface area contributed by atoms with Gasteiger partial charge in [0, 0.05) is 49.9 Å². The molecule has 0 atom stereocenters. The van der Waals surface area contributed by atoms with Crippen molar-refractivity contribution in [1.82, 2.24) is 9.29 Å². The summed E-state index contributed by atoms with van der Waals surface area (Å²) in [5, 5.41) is 2.84. The van der Waals surface area contributed by atoms with Crippen LogP contribution in [-0.4, -0.2) is 49.8 Å². The second kappa shape index (κ2) is 8.70. The highest BCUT2D eigenvalue weighted by Gasteiger charge is 2.26. The fourth-order valence-electron chi connectivity index (χ4n) is 3.44. The topological polar surface area (TPSA) is 82.6 Å². The van der Waals surface area contributed by atoms with Crippen LogP contribution in [0.1, 0.15) is 37.0 Å². The van der Waals surface area contributed by atoms with Crippen LogP contribution in [0, 0.1) is 0 Å². The number of carbonyl (C=O) groups is 1. The van der Waals surface area contributed by atoms with Gasteiger partial charge in [-0.15, -0.1) is 0 Å². The normalized spacial score (nSPS) is 14.5. The van der Waals surface area contributed by atoms with Crippen LogP contribution in [0.15, 0.2) is 47.6 Å². The lowest BCUT2D eigenvalue weighted by Crippen LogP contribution is -2.31. The van der Waals surface area contributed by atoms with Crippen LogP contribution in [-0.2, 0) is 10.0 Å². The van der Waals surface area contributed by atoms with E-state index in [-0.39, 0.29) is 10.8 Å². The van der Waals surface area contributed by atoms with Crippen molar-refractivity contribution in [3.05, 3.63) is 48.3 Å². The number of rotatable bonds is 7. The first-order valence-electron chi connectivity index (χ1n) is 9.58. The molecule has 1 saturated heterocycles. The molecule has 2 heterocycles. The van der Waals surface area contributed by atoms with Gasteiger partial charge in [-0.05, 0) is 43.2 Å². The second-order valence-corrected chi connectivity index (χ2v) is 8.59. The third-order valence-corrected chi connectivity index (χ3v) is 6.99. The number of anilines is 2. The van der Waals surface area contributed by atoms with Gasteiger partial charge in [0.05, 0.1) is 10.5 Å². The number of carbonyl (C=O) groups excluding carboxylic acids is 1. The summed E-state index contributed by atoms with van der Waals surface area (Å²) in [6, 6.07) is 8.25. The van der Waals surface area contributed by atoms with Crippen LogP contribution in [0.25, 0.3) is 0 Å². The molecule has 28 heavy (non-hydrogen) atoms. The second-order valence-electron chi connectivity index (χ2n) is 6.65. The standard InChI is InChI=1S/C20H26N4O3S/c1-3-24(4-2)28(26,27)17-7-8-19(23-13-5-6-14-23)18(15-17)20(25)22-16-9-11-21-12-10-16/h7-12,15H,3-6,13-14H2,1-2H3,(H,21,22,25). The van der Waals surface area contributed by atoms with Gasteiger partial charge in [0.15, 0.2) is 0 Å². The Labute approximate surface area is 166 Å². The molecule has 0 spiro atoms. The number of amides is 1. The Bertz CT molecular complexity index is 922. The zero-order valence-electron chi connectivity index (χ0n) is 16.3. The van der Waals surface area contributed by atoms with Gasteiger partial charge in [-0.2, -0.15) is 4.31 Å². The summed E-state index contributed by atoms with van der Waals surface area (Å²) >= 11 is 0. The number of hydrogen-bond donors (Lipinski definition) is 1. The summed E-state index contributed by atoms with van der Waals surface area (Å²) in [5.74, 6) is -0.329. The summed E-state index contributed by atoms with van der Waals surface area (Å²) in [6.07, 6.45) is 5.31. The van der Waals surface area contributed by atoms with Crippen molar-refractivity contribution >= 4 is 27.3 Å². The minimum absolute atomic E-state index is 0.138. The van der Waals surface area contributed by atoms with Crippen molar-refractivity contribution in [2.45, 2.75) is 31.6 Å². The van der Waals surface area contributed by atoms with E-state index in [1.54, 1.807) is 50.5 Å². The first-order valence-corrected chi connectivity index (χ1v) is 11.0. The minimum Gasteiger partial charge on any atom is -0.371 e. The molecule has 1 aromatic carbocycles. The van der Waals surface area contributed by atoms with Crippen molar-refractivity contribution in [2.24, 2.45) is 0 Å². The number of nitrogens with zero attached hydrogens (tertiary/aromatic N) is 3. The number of hydrogen-bond acceptors (Lipinski definition) is 5. The fraction of sp³-hybridized carbons (Fsp3) is 0.400. The maximum absolute atomic E-state index is 13.0. The molecule has 1 amide bonds. The van der Waals surface area contributed by atoms with E-state index >= 15 is 0 Å². The van der Waals surface area contributed by atoms with E-state index in [2.05, 4.69) is 15.2 Å². The third kappa shape index (κ3) is 4.18. The summed E-state index contributed by atoms with van der Waals surface area (Å²) in [7, 11) is -3.65. The first kappa shape index (κ1) is 20.3. The Kier molecular flexibility index (Phi) is 6.31. The molecule has 150 valence electrons. The SMILES string of the molecule is CCN(CC)S(=O)(=O)c1ccc(N2CCCC2)c(C(=O)Nc2ccncc2)c1. The molecule has 1 fully saturated rings. The van der Waals surface area contributed by atoms with E-state index in [9.17, 15) is 13.2 Å². The Balaban J connectivity index is 2.02. The van der Waals surface area contributed by atoms with Crippen LogP contribution in [0.5, 0.6) is 0 Å². The molecule has 1 aliphatic heterocycles. The monoisotopic (exact) mass is 402 g/mol. The fourth-order valence-corrected chi connectivity index (χ4v) is 4.92. The highest BCUT2D eigenvalue weighted by atomic mass is 32.2. The van der Waals surface area contributed by atoms with Crippen LogP contribution in [0.3, 0.4) is 0 Å². The van der Waals surface area contributed by atoms with Gasteiger partial charge >= 0.3 is 0 Å². The molecule has 3 rings (SSSR count). The van der Waals surface area contributed by atoms with Gasteiger partial charge in [0.25, 0.3) is 5.91 Å². The van der Waals surface area contributed by atoms with Crippen molar-refractivity contribution in [3.8, 4) is 0 Å². The number of aromatic nitrogens is 1. The van der Waals surface area contributed by atoms with Crippen LogP contribution in [0.2, 0.25) is 0 Å². The first-order chi connectivity index (χ1) is 13.5. The summed E-state index contributed by atoms with van der Waals surface area (Å²) < 4.78 is 27.3. The largest absolute Gasteiger partial charge is 0.371 e. The average molecular weight is 403 g/mol. The van der Waals surface area contributed by atoms with Gasteiger partial charge in [-0.25, -0.2) is 8.42 Å². The quantitative estimate of drug-likeness (QED) is 0.770. The van der Waals surface area contributed by atoms with Crippen molar-refractivity contribution < 1.29 is 13.2 Å². The Morgan fingerprint density at radius 2 is 1.75 bits per heavy atom. The van der Waals surface area contributed by atoms with Crippen LogP contribution >= 0.6 is 0 Å². The molecule has 1 N–H and O–H groups in total. The summed E-state index contributed by atoms with van der Waals surface area (Å²) in [5.41, 5.74) is 1.75. The number of nitrogens with one attached hydrogen (secondary N) is 1. The van der Waals surface area contributed by atoms with Gasteiger partial charge in [0.2, 0.25) is 10.0 Å². The lowest BCUT2D eigenvalue weighted by molar-refractivity contribution is 0.102. The molecule has 1 aromatic heterocycles. The summed E-state index contributed by atoms with van der Waals surface area (Å²) in [6.45, 7) is 6.08. The zero-order valence-corrected chi connectivity index (χ0v) is 17.1. The van der Waals surface area contributed by atoms with E-state index in [0.717, 1.165) is 31.6 Å². The van der Waals surface area contributed by atoms with Crippen molar-refractivity contribution in [3.63, 3.8) is 0 Å². The highest BCUT2D eigenvalue weighted by Crippen LogP contribution is 2.29. The van der Waals surface area contributed by atoms with Crippen molar-refractivity contribution in [1.29, 1.82) is 0 Å². The lowest BCUT2D eigenvalue weighted by atomic mass is 10.1. The molecule has 0 saturated carbocycles. The predicted molar refractivity (Wildman–Crippen MR) is 110 cm³/mol. The van der Waals surface area contributed by atoms with Crippen LogP contribution in [0.4, 0.5) is 11.4 Å². The molecule has 8 heteroatoms. The van der Waals surface area contributed by atoms with Gasteiger partial charge in [-0.1, -0.05) is 13.8 Å². The van der Waals surface area contributed by atoms with Crippen molar-refractivity contribution in [2.75, 3.05) is 36.4 Å². The molecular formula is C20H26N4O3S. The zero-order chi connectivity index (χ0) is 20.1. The lowest BCUT2D eigenvalue weighted by Gasteiger charge is -2.23. The Morgan fingerprint density at radius 3 is 2.36 bits per heavy atom. The van der Waals surface area contributed by atoms with Gasteiger partial charge in [0.1, 0.15) is 0 Å². The van der Waals surface area contributed by atoms with E-state index in [1.807, 2.05) is 0 Å². The highest BCUT2D eigenvalue weighted by molar-refractivity contribution is 7.89. The predicted octanol–water partition coefficient (Wildman–Crippen LogP) is 2.96. The maximum Gasteiger partial charge on any atom is 0.257 e. The maximum atomic E-state index is 13.0. The van der Waals surface area contributed by atoms with E-state index in [0.29, 0.717) is 24.3 Å². The minimum atomic E-state index is -3.65. The molecule has 2 aromatic rings. The number of sulfonamides is 1.